The molecular formula is C3H3Li2O. The second-order valence-electron chi connectivity index (χ2n) is 0.322. The summed E-state index contributed by atoms with van der Waals surface area (Å²) in [6, 6.07) is 0. The monoisotopic (exact) mass is 69.1 g/mol. The van der Waals surface area contributed by atoms with Crippen LogP contribution in [0.15, 0.2) is 12.7 Å². The smallest absolute Gasteiger partial charge is 0.419 e. The molecule has 0 aromatic heterocycles. The van der Waals surface area contributed by atoms with Gasteiger partial charge in [0.05, 0.1) is 0 Å². The van der Waals surface area contributed by atoms with E-state index < -0.39 is 0 Å². The van der Waals surface area contributed by atoms with E-state index in [2.05, 4.69) is 6.58 Å². The Hall–Kier alpha value is 0.605. The molecule has 0 fully saturated rings. The number of rotatable bonds is 1. The van der Waals surface area contributed by atoms with Crippen molar-refractivity contribution in [3.8, 4) is 0 Å². The van der Waals surface area contributed by atoms with Gasteiger partial charge in [-0.25, -0.2) is 12.7 Å². The molecule has 6 heavy (non-hydrogen) atoms. The van der Waals surface area contributed by atoms with Crippen molar-refractivity contribution in [1.82, 2.24) is 0 Å². The SMILES string of the molecule is C=C[C-]=O.[Li+].[Li]. The number of hydrogen-bond acceptors (Lipinski definition) is 1. The minimum atomic E-state index is 0. The van der Waals surface area contributed by atoms with Crippen molar-refractivity contribution < 1.29 is 23.7 Å². The van der Waals surface area contributed by atoms with Gasteiger partial charge in [-0.2, -0.15) is 0 Å². The molecule has 0 N–H and O–H groups in total. The fourth-order valence-corrected chi connectivity index (χ4v) is 0. The predicted octanol–water partition coefficient (Wildman–Crippen LogP) is -3.09. The van der Waals surface area contributed by atoms with Gasteiger partial charge in [-0.3, -0.25) is 0 Å². The van der Waals surface area contributed by atoms with Crippen LogP contribution in [0.1, 0.15) is 0 Å². The van der Waals surface area contributed by atoms with Crippen LogP contribution in [-0.2, 0) is 4.79 Å². The maximum Gasteiger partial charge on any atom is 1.00 e. The van der Waals surface area contributed by atoms with E-state index in [0.717, 1.165) is 6.08 Å². The molecule has 1 nitrogen and oxygen atoms in total. The molecule has 0 amide bonds. The van der Waals surface area contributed by atoms with Gasteiger partial charge in [0.1, 0.15) is 0 Å². The molecule has 0 rings (SSSR count). The Morgan fingerprint density at radius 1 is 1.67 bits per heavy atom. The normalized spacial score (nSPS) is 3.33. The van der Waals surface area contributed by atoms with Gasteiger partial charge >= 0.3 is 18.9 Å². The van der Waals surface area contributed by atoms with E-state index in [-0.39, 0.29) is 37.7 Å². The standard InChI is InChI=1S/C3H3O.2Li/c1-2-3-4;;/h2H,1H2;;/q-1;;+1. The van der Waals surface area contributed by atoms with Crippen LogP contribution in [0.2, 0.25) is 0 Å². The summed E-state index contributed by atoms with van der Waals surface area (Å²) in [5.41, 5.74) is 0. The maximum atomic E-state index is 8.93. The predicted molar refractivity (Wildman–Crippen MR) is 21.6 cm³/mol. The van der Waals surface area contributed by atoms with E-state index in [4.69, 9.17) is 4.79 Å². The first kappa shape index (κ1) is 16.0. The second kappa shape index (κ2) is 17.5. The molecule has 3 heteroatoms. The fourth-order valence-electron chi connectivity index (χ4n) is 0. The van der Waals surface area contributed by atoms with E-state index in [0.29, 0.717) is 0 Å². The number of hydrogen-bond donors (Lipinski definition) is 0. The van der Waals surface area contributed by atoms with Gasteiger partial charge < -0.3 is 4.79 Å². The fraction of sp³-hybridized carbons (Fsp3) is 0. The van der Waals surface area contributed by atoms with Crippen LogP contribution in [0, 0.1) is 0 Å². The Labute approximate surface area is 61.5 Å². The quantitative estimate of drug-likeness (QED) is 0.181. The Morgan fingerprint density at radius 3 is 1.83 bits per heavy atom. The molecule has 0 aliphatic rings. The summed E-state index contributed by atoms with van der Waals surface area (Å²) >= 11 is 0. The van der Waals surface area contributed by atoms with Crippen LogP contribution < -0.4 is 18.9 Å². The van der Waals surface area contributed by atoms with Crippen LogP contribution in [-0.4, -0.2) is 25.1 Å². The summed E-state index contributed by atoms with van der Waals surface area (Å²) in [4.78, 5) is 8.93. The zero-order valence-electron chi connectivity index (χ0n) is 4.19. The van der Waals surface area contributed by atoms with Crippen molar-refractivity contribution in [1.29, 1.82) is 0 Å². The summed E-state index contributed by atoms with van der Waals surface area (Å²) in [7, 11) is 0. The summed E-state index contributed by atoms with van der Waals surface area (Å²) < 4.78 is 0. The summed E-state index contributed by atoms with van der Waals surface area (Å²) in [6.45, 7) is 3.06. The van der Waals surface area contributed by atoms with Gasteiger partial charge in [0.15, 0.2) is 0 Å². The van der Waals surface area contributed by atoms with E-state index in [1.807, 2.05) is 0 Å². The number of carbonyl (C=O) groups excluding carboxylic acids is 1. The molecule has 0 saturated heterocycles. The van der Waals surface area contributed by atoms with Crippen LogP contribution in [0.3, 0.4) is 0 Å². The first-order valence-corrected chi connectivity index (χ1v) is 0.901. The minimum absolute atomic E-state index is 0. The summed E-state index contributed by atoms with van der Waals surface area (Å²) in [6.07, 6.45) is 2.51. The van der Waals surface area contributed by atoms with Gasteiger partial charge in [-0.05, 0) is 6.29 Å². The third kappa shape index (κ3) is 23.2. The average molecular weight is 68.9 g/mol. The largest absolute Gasteiger partial charge is 1.00 e. The third-order valence-corrected chi connectivity index (χ3v) is 0.0833. The van der Waals surface area contributed by atoms with Gasteiger partial charge in [-0.1, -0.05) is 0 Å². The maximum absolute atomic E-state index is 8.93. The molecule has 0 heterocycles. The minimum Gasteiger partial charge on any atom is -0.419 e. The van der Waals surface area contributed by atoms with Crippen LogP contribution in [0.5, 0.6) is 0 Å². The van der Waals surface area contributed by atoms with Gasteiger partial charge in [-0.15, -0.1) is 0 Å². The zero-order chi connectivity index (χ0) is 3.41. The molecule has 1 radical (unpaired) electrons. The topological polar surface area (TPSA) is 17.1 Å². The Bertz CT molecular complexity index is 29.8. The second-order valence-corrected chi connectivity index (χ2v) is 0.322. The molecule has 0 saturated carbocycles. The number of allylic oxidation sites excluding steroid dienone is 1. The van der Waals surface area contributed by atoms with Crippen molar-refractivity contribution in [3.63, 3.8) is 0 Å². The first-order valence-electron chi connectivity index (χ1n) is 0.901. The first-order chi connectivity index (χ1) is 1.91. The zero-order valence-corrected chi connectivity index (χ0v) is 4.19. The molecule has 0 atom stereocenters. The summed E-state index contributed by atoms with van der Waals surface area (Å²) in [5, 5.41) is 0. The molecule has 0 aliphatic carbocycles. The molecule has 0 aromatic carbocycles. The summed E-state index contributed by atoms with van der Waals surface area (Å²) in [5.74, 6) is 0. The molecule has 0 spiro atoms. The van der Waals surface area contributed by atoms with Crippen molar-refractivity contribution in [2.75, 3.05) is 0 Å². The van der Waals surface area contributed by atoms with E-state index in [1.54, 1.807) is 0 Å². The Balaban J connectivity index is -0.0000000450. The van der Waals surface area contributed by atoms with E-state index in [1.165, 1.54) is 6.29 Å². The van der Waals surface area contributed by atoms with Crippen molar-refractivity contribution in [2.24, 2.45) is 0 Å². The molecule has 0 unspecified atom stereocenters. The molecule has 0 aromatic rings. The van der Waals surface area contributed by atoms with Crippen LogP contribution >= 0.6 is 0 Å². The van der Waals surface area contributed by atoms with Crippen molar-refractivity contribution >= 4 is 25.1 Å². The Morgan fingerprint density at radius 2 is 1.83 bits per heavy atom. The molecular weight excluding hydrogens is 65.9 g/mol. The van der Waals surface area contributed by atoms with Gasteiger partial charge in [0, 0.05) is 18.9 Å². The molecule has 23 valence electrons. The van der Waals surface area contributed by atoms with Crippen LogP contribution in [0.25, 0.3) is 0 Å². The average Bonchev–Trinajstić information content (AvgIpc) is 1.37. The van der Waals surface area contributed by atoms with Crippen LogP contribution in [0.4, 0.5) is 0 Å². The van der Waals surface area contributed by atoms with Gasteiger partial charge in [0.2, 0.25) is 0 Å². The molecule has 0 aliphatic heterocycles. The Kier molecular flexibility index (Phi) is 46.6. The van der Waals surface area contributed by atoms with Crippen molar-refractivity contribution in [2.45, 2.75) is 0 Å². The van der Waals surface area contributed by atoms with Crippen molar-refractivity contribution in [3.05, 3.63) is 12.7 Å². The van der Waals surface area contributed by atoms with E-state index in [9.17, 15) is 0 Å². The van der Waals surface area contributed by atoms with E-state index >= 15 is 0 Å². The van der Waals surface area contributed by atoms with Gasteiger partial charge in [0.25, 0.3) is 0 Å². The third-order valence-electron chi connectivity index (χ3n) is 0.0833. The molecule has 0 bridgehead atoms.